The zero-order valence-corrected chi connectivity index (χ0v) is 10.4. The highest BCUT2D eigenvalue weighted by atomic mass is 17.2. The van der Waals surface area contributed by atoms with E-state index in [2.05, 4.69) is 0 Å². The summed E-state index contributed by atoms with van der Waals surface area (Å²) in [4.78, 5) is 21.3. The minimum atomic E-state index is -0.959. The second-order valence-corrected chi connectivity index (χ2v) is 4.42. The van der Waals surface area contributed by atoms with Crippen molar-refractivity contribution in [2.24, 2.45) is 0 Å². The zero-order valence-electron chi connectivity index (χ0n) is 10.4. The Hall–Kier alpha value is -1.39. The van der Waals surface area contributed by atoms with Gasteiger partial charge in [-0.05, 0) is 31.9 Å². The van der Waals surface area contributed by atoms with Crippen molar-refractivity contribution in [3.63, 3.8) is 0 Å². The molecule has 0 aromatic heterocycles. The molecule has 0 saturated carbocycles. The van der Waals surface area contributed by atoms with Crippen molar-refractivity contribution in [2.45, 2.75) is 39.4 Å². The van der Waals surface area contributed by atoms with Gasteiger partial charge in [0, 0.05) is 0 Å². The van der Waals surface area contributed by atoms with Crippen LogP contribution in [0.4, 0.5) is 0 Å². The van der Waals surface area contributed by atoms with Crippen LogP contribution >= 0.6 is 0 Å². The Bertz CT molecular complexity index is 385. The van der Waals surface area contributed by atoms with E-state index in [0.717, 1.165) is 6.42 Å². The fraction of sp³-hybridized carbons (Fsp3) is 0.462. The predicted octanol–water partition coefficient (Wildman–Crippen LogP) is 3.02. The zero-order chi connectivity index (χ0) is 12.9. The summed E-state index contributed by atoms with van der Waals surface area (Å²) in [6.45, 7) is 5.95. The van der Waals surface area contributed by atoms with Crippen molar-refractivity contribution in [3.8, 4) is 0 Å². The van der Waals surface area contributed by atoms with Crippen LogP contribution in [0.2, 0.25) is 0 Å². The number of carboxylic acid groups (broad SMARTS) is 1. The third kappa shape index (κ3) is 4.17. The molecule has 0 aliphatic carbocycles. The molecule has 0 saturated heterocycles. The summed E-state index contributed by atoms with van der Waals surface area (Å²) < 4.78 is 0. The first kappa shape index (κ1) is 13.7. The molecule has 94 valence electrons. The number of carboxylic acids is 1. The molecule has 0 aliphatic heterocycles. The molecule has 17 heavy (non-hydrogen) atoms. The molecule has 0 atom stereocenters. The molecule has 0 heterocycles. The Labute approximate surface area is 101 Å². The molecular weight excluding hydrogens is 220 g/mol. The van der Waals surface area contributed by atoms with Crippen molar-refractivity contribution in [1.82, 2.24) is 0 Å². The summed E-state index contributed by atoms with van der Waals surface area (Å²) in [5.74, 6) is -0.959. The van der Waals surface area contributed by atoms with E-state index >= 15 is 0 Å². The van der Waals surface area contributed by atoms with Crippen LogP contribution in [0.3, 0.4) is 0 Å². The average Bonchev–Trinajstić information content (AvgIpc) is 2.29. The van der Waals surface area contributed by atoms with E-state index in [1.165, 1.54) is 0 Å². The molecule has 0 amide bonds. The number of benzene rings is 1. The molecule has 0 aliphatic rings. The van der Waals surface area contributed by atoms with Crippen molar-refractivity contribution in [1.29, 1.82) is 0 Å². The van der Waals surface area contributed by atoms with Crippen LogP contribution in [0.25, 0.3) is 0 Å². The summed E-state index contributed by atoms with van der Waals surface area (Å²) in [7, 11) is 0. The lowest BCUT2D eigenvalue weighted by Gasteiger charge is -2.21. The van der Waals surface area contributed by atoms with E-state index in [9.17, 15) is 4.79 Å². The third-order valence-corrected chi connectivity index (χ3v) is 2.60. The molecular formula is C13H18O4. The van der Waals surface area contributed by atoms with Gasteiger partial charge in [0.25, 0.3) is 0 Å². The van der Waals surface area contributed by atoms with Gasteiger partial charge in [-0.1, -0.05) is 25.1 Å². The summed E-state index contributed by atoms with van der Waals surface area (Å²) in [5, 5.41) is 8.97. The van der Waals surface area contributed by atoms with E-state index in [4.69, 9.17) is 14.9 Å². The summed E-state index contributed by atoms with van der Waals surface area (Å²) in [5.41, 5.74) is 0.482. The van der Waals surface area contributed by atoms with E-state index in [0.29, 0.717) is 5.56 Å². The van der Waals surface area contributed by atoms with Crippen molar-refractivity contribution in [3.05, 3.63) is 35.4 Å². The highest BCUT2D eigenvalue weighted by Gasteiger charge is 2.17. The minimum Gasteiger partial charge on any atom is -0.478 e. The average molecular weight is 238 g/mol. The Kier molecular flexibility index (Phi) is 4.66. The van der Waals surface area contributed by atoms with Gasteiger partial charge in [0.15, 0.2) is 0 Å². The number of hydrogen-bond donors (Lipinski definition) is 1. The SMILES string of the molecule is CCC(C)(C)OOCc1ccccc1C(=O)O. The normalized spacial score (nSPS) is 11.5. The van der Waals surface area contributed by atoms with E-state index in [1.807, 2.05) is 20.8 Å². The second kappa shape index (κ2) is 5.80. The molecule has 0 spiro atoms. The standard InChI is InChI=1S/C13H18O4/c1-4-13(2,3)17-16-9-10-7-5-6-8-11(10)12(14)15/h5-8H,4,9H2,1-3H3,(H,14,15). The lowest BCUT2D eigenvalue weighted by molar-refractivity contribution is -0.361. The van der Waals surface area contributed by atoms with Crippen LogP contribution in [0, 0.1) is 0 Å². The molecule has 0 unspecified atom stereocenters. The van der Waals surface area contributed by atoms with Gasteiger partial charge in [-0.3, -0.25) is 0 Å². The van der Waals surface area contributed by atoms with E-state index in [-0.39, 0.29) is 17.8 Å². The minimum absolute atomic E-state index is 0.131. The highest BCUT2D eigenvalue weighted by molar-refractivity contribution is 5.89. The number of aromatic carboxylic acids is 1. The molecule has 0 fully saturated rings. The molecule has 1 aromatic carbocycles. The van der Waals surface area contributed by atoms with Gasteiger partial charge in [-0.25, -0.2) is 14.6 Å². The first-order valence-electron chi connectivity index (χ1n) is 5.58. The van der Waals surface area contributed by atoms with Crippen molar-refractivity contribution >= 4 is 5.97 Å². The van der Waals surface area contributed by atoms with Gasteiger partial charge in [0.1, 0.15) is 6.61 Å². The van der Waals surface area contributed by atoms with Gasteiger partial charge >= 0.3 is 5.97 Å². The Morgan fingerprint density at radius 1 is 1.35 bits per heavy atom. The van der Waals surface area contributed by atoms with Gasteiger partial charge in [0.05, 0.1) is 11.2 Å². The fourth-order valence-electron chi connectivity index (χ4n) is 1.17. The van der Waals surface area contributed by atoms with Gasteiger partial charge < -0.3 is 5.11 Å². The Morgan fingerprint density at radius 2 is 2.00 bits per heavy atom. The van der Waals surface area contributed by atoms with Crippen molar-refractivity contribution in [2.75, 3.05) is 0 Å². The molecule has 0 bridgehead atoms. The summed E-state index contributed by atoms with van der Waals surface area (Å²) in [6, 6.07) is 6.72. The van der Waals surface area contributed by atoms with Crippen LogP contribution < -0.4 is 0 Å². The van der Waals surface area contributed by atoms with E-state index < -0.39 is 5.97 Å². The maximum Gasteiger partial charge on any atom is 0.336 e. The lowest BCUT2D eigenvalue weighted by atomic mass is 10.1. The van der Waals surface area contributed by atoms with Crippen LogP contribution in [0.15, 0.2) is 24.3 Å². The molecule has 1 aromatic rings. The van der Waals surface area contributed by atoms with Crippen LogP contribution in [-0.2, 0) is 16.4 Å². The van der Waals surface area contributed by atoms with Gasteiger partial charge in [-0.2, -0.15) is 0 Å². The molecule has 1 N–H and O–H groups in total. The van der Waals surface area contributed by atoms with Gasteiger partial charge in [-0.15, -0.1) is 0 Å². The van der Waals surface area contributed by atoms with Crippen LogP contribution in [0.1, 0.15) is 43.1 Å². The Morgan fingerprint density at radius 3 is 2.59 bits per heavy atom. The monoisotopic (exact) mass is 238 g/mol. The Balaban J connectivity index is 2.61. The summed E-state index contributed by atoms with van der Waals surface area (Å²) >= 11 is 0. The largest absolute Gasteiger partial charge is 0.478 e. The fourth-order valence-corrected chi connectivity index (χ4v) is 1.17. The molecule has 4 nitrogen and oxygen atoms in total. The number of hydrogen-bond acceptors (Lipinski definition) is 3. The molecule has 4 heteroatoms. The maximum atomic E-state index is 10.9. The van der Waals surface area contributed by atoms with Gasteiger partial charge in [0.2, 0.25) is 0 Å². The molecule has 0 radical (unpaired) electrons. The number of rotatable bonds is 6. The first-order valence-corrected chi connectivity index (χ1v) is 5.58. The smallest absolute Gasteiger partial charge is 0.336 e. The lowest BCUT2D eigenvalue weighted by Crippen LogP contribution is -2.23. The summed E-state index contributed by atoms with van der Waals surface area (Å²) in [6.07, 6.45) is 0.813. The quantitative estimate of drug-likeness (QED) is 0.611. The molecule has 1 rings (SSSR count). The first-order chi connectivity index (χ1) is 7.96. The maximum absolute atomic E-state index is 10.9. The number of carbonyl (C=O) groups is 1. The van der Waals surface area contributed by atoms with E-state index in [1.54, 1.807) is 24.3 Å². The second-order valence-electron chi connectivity index (χ2n) is 4.42. The predicted molar refractivity (Wildman–Crippen MR) is 63.6 cm³/mol. The van der Waals surface area contributed by atoms with Crippen LogP contribution in [0.5, 0.6) is 0 Å². The topological polar surface area (TPSA) is 55.8 Å². The third-order valence-electron chi connectivity index (χ3n) is 2.60. The van der Waals surface area contributed by atoms with Crippen molar-refractivity contribution < 1.29 is 19.7 Å². The highest BCUT2D eigenvalue weighted by Crippen LogP contribution is 2.16. The van der Waals surface area contributed by atoms with Crippen LogP contribution in [-0.4, -0.2) is 16.7 Å².